The van der Waals surface area contributed by atoms with Gasteiger partial charge in [0.1, 0.15) is 5.82 Å². The molecule has 250 valence electrons. The first kappa shape index (κ1) is 38.6. The van der Waals surface area contributed by atoms with Crippen LogP contribution in [0.4, 0.5) is 23.2 Å². The summed E-state index contributed by atoms with van der Waals surface area (Å²) in [6.07, 6.45) is 4.08. The Kier molecular flexibility index (Phi) is 15.5. The number of hydrogen-bond donors (Lipinski definition) is 1. The lowest BCUT2D eigenvalue weighted by molar-refractivity contribution is -0.139. The van der Waals surface area contributed by atoms with Crippen LogP contribution in [-0.4, -0.2) is 24.0 Å². The summed E-state index contributed by atoms with van der Waals surface area (Å²) in [5.41, 5.74) is 4.26. The van der Waals surface area contributed by atoms with Crippen molar-refractivity contribution in [2.24, 2.45) is 0 Å². The van der Waals surface area contributed by atoms with Gasteiger partial charge >= 0.3 is 6.18 Å². The molecule has 3 aromatic rings. The summed E-state index contributed by atoms with van der Waals surface area (Å²) in [7, 11) is 0. The first-order valence-corrected chi connectivity index (χ1v) is 16.7. The van der Waals surface area contributed by atoms with E-state index in [0.29, 0.717) is 17.5 Å². The Balaban J connectivity index is 0.000000318. The Morgan fingerprint density at radius 3 is 2.09 bits per heavy atom. The lowest BCUT2D eigenvalue weighted by Crippen LogP contribution is -2.45. The summed E-state index contributed by atoms with van der Waals surface area (Å²) in [6, 6.07) is 22.8. The third-order valence-corrected chi connectivity index (χ3v) is 8.67. The van der Waals surface area contributed by atoms with Crippen LogP contribution in [0.2, 0.25) is 0 Å². The van der Waals surface area contributed by atoms with E-state index >= 15 is 0 Å². The lowest BCUT2D eigenvalue weighted by Gasteiger charge is -2.42. The van der Waals surface area contributed by atoms with Gasteiger partial charge in [-0.1, -0.05) is 97.4 Å². The second-order valence-corrected chi connectivity index (χ2v) is 11.6. The Morgan fingerprint density at radius 1 is 0.935 bits per heavy atom. The molecule has 7 heteroatoms. The number of likely N-dealkylation sites (tertiary alicyclic amines) is 1. The first-order valence-electron chi connectivity index (χ1n) is 16.7. The van der Waals surface area contributed by atoms with Crippen LogP contribution in [0.1, 0.15) is 103 Å². The maximum absolute atomic E-state index is 12.9. The standard InChI is InChI=1S/C24H28N2.C11H11F4N.2C2H6/c1-24(13-15-26(16-14-24)23-7-2-3-8-23)22-11-9-20(10-12-22)21-6-4-5-19(17-21)18-25;1-3-7(2)16-8-4-5-10(12)9(6-8)11(13,14)15;2*1-2/h4-6,9-12,17,23H,2-3,7-8,13-16H2,1H3;4-6,16H,2-3H2,1H3;2*1-2H3. The van der Waals surface area contributed by atoms with Gasteiger partial charge in [0.2, 0.25) is 0 Å². The number of anilines is 1. The average Bonchev–Trinajstić information content (AvgIpc) is 3.63. The van der Waals surface area contributed by atoms with Gasteiger partial charge in [-0.05, 0) is 97.6 Å². The Bertz CT molecular complexity index is 1390. The molecule has 1 saturated heterocycles. The molecule has 1 saturated carbocycles. The van der Waals surface area contributed by atoms with Crippen LogP contribution in [0.15, 0.2) is 79.0 Å². The van der Waals surface area contributed by atoms with E-state index in [-0.39, 0.29) is 5.69 Å². The van der Waals surface area contributed by atoms with Crippen molar-refractivity contribution in [1.82, 2.24) is 4.90 Å². The van der Waals surface area contributed by atoms with Crippen LogP contribution in [-0.2, 0) is 11.6 Å². The number of hydrogen-bond acceptors (Lipinski definition) is 3. The highest BCUT2D eigenvalue weighted by Crippen LogP contribution is 2.38. The van der Waals surface area contributed by atoms with E-state index in [1.54, 1.807) is 0 Å². The highest BCUT2D eigenvalue weighted by atomic mass is 19.4. The highest BCUT2D eigenvalue weighted by molar-refractivity contribution is 5.65. The van der Waals surface area contributed by atoms with Crippen molar-refractivity contribution in [2.45, 2.75) is 104 Å². The SMILES string of the molecule is C=C(CC)Nc1ccc(F)c(C(F)(F)F)c1.CC.CC.CC1(c2ccc(-c3cccc(C#N)c3)cc2)CCN(C2CCCC2)CC1. The predicted octanol–water partition coefficient (Wildman–Crippen LogP) is 11.8. The van der Waals surface area contributed by atoms with Gasteiger partial charge < -0.3 is 10.2 Å². The summed E-state index contributed by atoms with van der Waals surface area (Å²) in [5, 5.41) is 11.8. The van der Waals surface area contributed by atoms with Crippen molar-refractivity contribution in [3.8, 4) is 17.2 Å². The normalized spacial score (nSPS) is 15.9. The number of rotatable bonds is 6. The second-order valence-electron chi connectivity index (χ2n) is 11.6. The molecule has 1 aliphatic heterocycles. The molecule has 46 heavy (non-hydrogen) atoms. The number of alkyl halides is 3. The number of piperidine rings is 1. The van der Waals surface area contributed by atoms with E-state index in [0.717, 1.165) is 29.3 Å². The van der Waals surface area contributed by atoms with E-state index in [4.69, 9.17) is 5.26 Å². The molecule has 0 radical (unpaired) electrons. The maximum Gasteiger partial charge on any atom is 0.419 e. The van der Waals surface area contributed by atoms with Gasteiger partial charge in [-0.3, -0.25) is 0 Å². The fraction of sp³-hybridized carbons (Fsp3) is 0.462. The maximum atomic E-state index is 12.9. The minimum Gasteiger partial charge on any atom is -0.359 e. The molecule has 0 aromatic heterocycles. The number of benzene rings is 3. The van der Waals surface area contributed by atoms with E-state index < -0.39 is 17.6 Å². The van der Waals surface area contributed by atoms with Crippen LogP contribution < -0.4 is 5.32 Å². The van der Waals surface area contributed by atoms with Crippen molar-refractivity contribution in [3.05, 3.63) is 102 Å². The minimum absolute atomic E-state index is 0.181. The Hall–Kier alpha value is -3.63. The average molecular weight is 638 g/mol. The fourth-order valence-corrected chi connectivity index (χ4v) is 5.89. The predicted molar refractivity (Wildman–Crippen MR) is 184 cm³/mol. The van der Waals surface area contributed by atoms with E-state index in [1.165, 1.54) is 68.8 Å². The van der Waals surface area contributed by atoms with E-state index in [9.17, 15) is 17.6 Å². The molecule has 2 aliphatic rings. The quantitative estimate of drug-likeness (QED) is 0.273. The molecule has 3 aromatic carbocycles. The third-order valence-electron chi connectivity index (χ3n) is 8.67. The van der Waals surface area contributed by atoms with Crippen molar-refractivity contribution in [1.29, 1.82) is 5.26 Å². The molecular weight excluding hydrogens is 586 g/mol. The zero-order valence-electron chi connectivity index (χ0n) is 28.4. The number of allylic oxidation sites excluding steroid dienone is 1. The topological polar surface area (TPSA) is 39.1 Å². The van der Waals surface area contributed by atoms with Crippen molar-refractivity contribution in [2.75, 3.05) is 18.4 Å². The summed E-state index contributed by atoms with van der Waals surface area (Å²) in [5.74, 6) is -1.28. The molecule has 0 amide bonds. The zero-order chi connectivity index (χ0) is 34.3. The number of nitriles is 1. The van der Waals surface area contributed by atoms with Gasteiger partial charge in [-0.25, -0.2) is 4.39 Å². The molecule has 1 aliphatic carbocycles. The molecule has 0 spiro atoms. The molecular formula is C39H51F4N3. The van der Waals surface area contributed by atoms with E-state index in [2.05, 4.69) is 60.1 Å². The van der Waals surface area contributed by atoms with Crippen molar-refractivity contribution >= 4 is 5.69 Å². The van der Waals surface area contributed by atoms with Gasteiger partial charge in [-0.15, -0.1) is 0 Å². The van der Waals surface area contributed by atoms with Gasteiger partial charge in [0.05, 0.1) is 17.2 Å². The van der Waals surface area contributed by atoms with Gasteiger partial charge in [0.25, 0.3) is 0 Å². The fourth-order valence-electron chi connectivity index (χ4n) is 5.89. The lowest BCUT2D eigenvalue weighted by atomic mass is 9.74. The van der Waals surface area contributed by atoms with Gasteiger partial charge in [0, 0.05) is 17.4 Å². The zero-order valence-corrected chi connectivity index (χ0v) is 28.4. The van der Waals surface area contributed by atoms with Gasteiger partial charge in [0.15, 0.2) is 0 Å². The second kappa shape index (κ2) is 18.5. The molecule has 0 bridgehead atoms. The van der Waals surface area contributed by atoms with Crippen LogP contribution in [0.3, 0.4) is 0 Å². The smallest absolute Gasteiger partial charge is 0.359 e. The summed E-state index contributed by atoms with van der Waals surface area (Å²) in [6.45, 7) is 18.3. The first-order chi connectivity index (χ1) is 22.0. The number of nitrogens with one attached hydrogen (secondary N) is 1. The summed E-state index contributed by atoms with van der Waals surface area (Å²) in [4.78, 5) is 2.75. The van der Waals surface area contributed by atoms with Crippen LogP contribution >= 0.6 is 0 Å². The number of nitrogens with zero attached hydrogens (tertiary/aromatic N) is 2. The summed E-state index contributed by atoms with van der Waals surface area (Å²) < 4.78 is 50.0. The van der Waals surface area contributed by atoms with Crippen LogP contribution in [0.5, 0.6) is 0 Å². The third kappa shape index (κ3) is 10.7. The van der Waals surface area contributed by atoms with Crippen LogP contribution in [0.25, 0.3) is 11.1 Å². The molecule has 3 nitrogen and oxygen atoms in total. The number of halogens is 4. The molecule has 5 rings (SSSR count). The molecule has 1 heterocycles. The van der Waals surface area contributed by atoms with Crippen LogP contribution in [0, 0.1) is 17.1 Å². The Morgan fingerprint density at radius 2 is 1.54 bits per heavy atom. The van der Waals surface area contributed by atoms with Gasteiger partial charge in [-0.2, -0.15) is 18.4 Å². The monoisotopic (exact) mass is 637 g/mol. The summed E-state index contributed by atoms with van der Waals surface area (Å²) >= 11 is 0. The van der Waals surface area contributed by atoms with Crippen molar-refractivity contribution < 1.29 is 17.6 Å². The van der Waals surface area contributed by atoms with Crippen molar-refractivity contribution in [3.63, 3.8) is 0 Å². The largest absolute Gasteiger partial charge is 0.419 e. The molecule has 2 fully saturated rings. The molecule has 0 unspecified atom stereocenters. The minimum atomic E-state index is -4.69. The molecule has 1 N–H and O–H groups in total. The highest BCUT2D eigenvalue weighted by Gasteiger charge is 2.35. The Labute approximate surface area is 274 Å². The molecule has 0 atom stereocenters. The van der Waals surface area contributed by atoms with E-state index in [1.807, 2.05) is 52.8 Å².